The minimum Gasteiger partial charge on any atom is -0.385 e. The van der Waals surface area contributed by atoms with Crippen molar-refractivity contribution in [3.8, 4) is 0 Å². The molecule has 5 nitrogen and oxygen atoms in total. The molecule has 128 valence electrons. The van der Waals surface area contributed by atoms with Crippen molar-refractivity contribution < 1.29 is 18.7 Å². The quantitative estimate of drug-likeness (QED) is 0.708. The maximum absolute atomic E-state index is 13.0. The molecule has 1 rings (SSSR count). The Kier molecular flexibility index (Phi) is 8.26. The van der Waals surface area contributed by atoms with Crippen LogP contribution in [0.15, 0.2) is 24.3 Å². The number of nitrogens with zero attached hydrogens (tertiary/aromatic N) is 1. The van der Waals surface area contributed by atoms with Crippen molar-refractivity contribution in [3.05, 3.63) is 35.6 Å². The van der Waals surface area contributed by atoms with E-state index in [1.807, 2.05) is 0 Å². The van der Waals surface area contributed by atoms with Crippen molar-refractivity contribution in [2.24, 2.45) is 0 Å². The summed E-state index contributed by atoms with van der Waals surface area (Å²) < 4.78 is 17.9. The van der Waals surface area contributed by atoms with E-state index < -0.39 is 6.04 Å². The molecule has 0 radical (unpaired) electrons. The smallest absolute Gasteiger partial charge is 0.242 e. The fourth-order valence-corrected chi connectivity index (χ4v) is 2.15. The van der Waals surface area contributed by atoms with Crippen molar-refractivity contribution >= 4 is 11.8 Å². The van der Waals surface area contributed by atoms with E-state index in [2.05, 4.69) is 5.32 Å². The molecule has 0 saturated carbocycles. The topological polar surface area (TPSA) is 58.6 Å². The Bertz CT molecular complexity index is 505. The Morgan fingerprint density at radius 1 is 1.30 bits per heavy atom. The van der Waals surface area contributed by atoms with Gasteiger partial charge in [-0.2, -0.15) is 0 Å². The second-order valence-corrected chi connectivity index (χ2v) is 5.32. The molecule has 0 spiro atoms. The molecule has 0 aliphatic carbocycles. The van der Waals surface area contributed by atoms with Crippen molar-refractivity contribution in [1.82, 2.24) is 10.2 Å². The molecule has 6 heteroatoms. The minimum absolute atomic E-state index is 0.117. The highest BCUT2D eigenvalue weighted by atomic mass is 19.1. The molecular weight excluding hydrogens is 299 g/mol. The molecule has 0 aliphatic heterocycles. The van der Waals surface area contributed by atoms with Crippen LogP contribution in [0.3, 0.4) is 0 Å². The second-order valence-electron chi connectivity index (χ2n) is 5.32. The van der Waals surface area contributed by atoms with Crippen LogP contribution in [0.4, 0.5) is 4.39 Å². The average Bonchev–Trinajstić information content (AvgIpc) is 2.56. The van der Waals surface area contributed by atoms with E-state index in [4.69, 9.17) is 4.74 Å². The number of hydrogen-bond acceptors (Lipinski definition) is 3. The molecule has 1 N–H and O–H groups in total. The number of nitrogens with one attached hydrogen (secondary N) is 1. The summed E-state index contributed by atoms with van der Waals surface area (Å²) in [5.41, 5.74) is 0.784. The molecule has 0 bridgehead atoms. The molecule has 0 aliphatic rings. The van der Waals surface area contributed by atoms with Gasteiger partial charge in [-0.25, -0.2) is 4.39 Å². The number of ether oxygens (including phenoxy) is 1. The van der Waals surface area contributed by atoms with Gasteiger partial charge in [-0.1, -0.05) is 19.1 Å². The summed E-state index contributed by atoms with van der Waals surface area (Å²) in [6.45, 7) is 4.80. The van der Waals surface area contributed by atoms with Crippen LogP contribution in [0, 0.1) is 5.82 Å². The third-order valence-corrected chi connectivity index (χ3v) is 3.56. The number of amides is 2. The Balaban J connectivity index is 2.70. The highest BCUT2D eigenvalue weighted by Crippen LogP contribution is 2.11. The lowest BCUT2D eigenvalue weighted by atomic mass is 10.1. The first-order valence-electron chi connectivity index (χ1n) is 7.80. The van der Waals surface area contributed by atoms with Crippen LogP contribution in [-0.2, 0) is 20.9 Å². The molecule has 1 atom stereocenters. The summed E-state index contributed by atoms with van der Waals surface area (Å²) in [5, 5.41) is 2.80. The zero-order chi connectivity index (χ0) is 17.2. The van der Waals surface area contributed by atoms with Crippen LogP contribution in [-0.4, -0.2) is 43.0 Å². The molecule has 1 unspecified atom stereocenters. The monoisotopic (exact) mass is 324 g/mol. The van der Waals surface area contributed by atoms with Gasteiger partial charge >= 0.3 is 0 Å². The first-order chi connectivity index (χ1) is 11.0. The number of halogens is 1. The summed E-state index contributed by atoms with van der Waals surface area (Å²) >= 11 is 0. The van der Waals surface area contributed by atoms with Crippen LogP contribution < -0.4 is 5.32 Å². The van der Waals surface area contributed by atoms with Gasteiger partial charge in [0.2, 0.25) is 11.8 Å². The third kappa shape index (κ3) is 6.36. The van der Waals surface area contributed by atoms with E-state index >= 15 is 0 Å². The van der Waals surface area contributed by atoms with E-state index in [0.29, 0.717) is 26.0 Å². The van der Waals surface area contributed by atoms with Crippen molar-refractivity contribution in [2.45, 2.75) is 39.3 Å². The van der Waals surface area contributed by atoms with Gasteiger partial charge in [-0.05, 0) is 31.0 Å². The van der Waals surface area contributed by atoms with Crippen LogP contribution in [0.25, 0.3) is 0 Å². The Hall–Kier alpha value is -1.95. The molecular formula is C17H25FN2O3. The van der Waals surface area contributed by atoms with Crippen molar-refractivity contribution in [2.75, 3.05) is 20.3 Å². The third-order valence-electron chi connectivity index (χ3n) is 3.56. The van der Waals surface area contributed by atoms with Gasteiger partial charge in [-0.3, -0.25) is 9.59 Å². The molecule has 0 aromatic heterocycles. The van der Waals surface area contributed by atoms with Crippen molar-refractivity contribution in [3.63, 3.8) is 0 Å². The largest absolute Gasteiger partial charge is 0.385 e. The minimum atomic E-state index is -0.588. The van der Waals surface area contributed by atoms with Crippen LogP contribution in [0.1, 0.15) is 32.3 Å². The molecule has 0 heterocycles. The summed E-state index contributed by atoms with van der Waals surface area (Å²) in [7, 11) is 1.61. The zero-order valence-corrected chi connectivity index (χ0v) is 14.0. The first-order valence-corrected chi connectivity index (χ1v) is 7.80. The normalized spacial score (nSPS) is 11.8. The first kappa shape index (κ1) is 19.1. The van der Waals surface area contributed by atoms with Crippen LogP contribution in [0.2, 0.25) is 0 Å². The molecule has 1 aromatic rings. The summed E-state index contributed by atoms with van der Waals surface area (Å²) in [4.78, 5) is 25.9. The molecule has 23 heavy (non-hydrogen) atoms. The summed E-state index contributed by atoms with van der Waals surface area (Å²) in [5.74, 6) is -0.648. The van der Waals surface area contributed by atoms with E-state index in [-0.39, 0.29) is 24.2 Å². The van der Waals surface area contributed by atoms with Gasteiger partial charge in [0.25, 0.3) is 0 Å². The lowest BCUT2D eigenvalue weighted by Gasteiger charge is -2.28. The zero-order valence-electron chi connectivity index (χ0n) is 14.0. The van der Waals surface area contributed by atoms with Gasteiger partial charge in [0, 0.05) is 33.2 Å². The number of hydrogen-bond donors (Lipinski definition) is 1. The maximum atomic E-state index is 13.0. The van der Waals surface area contributed by atoms with Gasteiger partial charge in [0.05, 0.1) is 0 Å². The number of methoxy groups -OCH3 is 1. The summed E-state index contributed by atoms with van der Waals surface area (Å²) in [6.07, 6.45) is 1.02. The van der Waals surface area contributed by atoms with E-state index in [1.54, 1.807) is 33.1 Å². The second kappa shape index (κ2) is 9.94. The molecule has 2 amide bonds. The van der Waals surface area contributed by atoms with Gasteiger partial charge < -0.3 is 15.0 Å². The Labute approximate surface area is 136 Å². The van der Waals surface area contributed by atoms with Gasteiger partial charge in [0.1, 0.15) is 11.9 Å². The van der Waals surface area contributed by atoms with E-state index in [9.17, 15) is 14.0 Å². The molecule has 0 fully saturated rings. The predicted molar refractivity (Wildman–Crippen MR) is 86.2 cm³/mol. The van der Waals surface area contributed by atoms with Crippen LogP contribution >= 0.6 is 0 Å². The van der Waals surface area contributed by atoms with Crippen LogP contribution in [0.5, 0.6) is 0 Å². The molecule has 1 aromatic carbocycles. The van der Waals surface area contributed by atoms with Crippen molar-refractivity contribution in [1.29, 1.82) is 0 Å². The van der Waals surface area contributed by atoms with E-state index in [0.717, 1.165) is 5.56 Å². The lowest BCUT2D eigenvalue weighted by molar-refractivity contribution is -0.140. The maximum Gasteiger partial charge on any atom is 0.242 e. The van der Waals surface area contributed by atoms with Gasteiger partial charge in [-0.15, -0.1) is 0 Å². The standard InChI is InChI=1S/C17H25FN2O3/c1-4-16(21)20(12-14-6-8-15(18)9-7-14)13(2)17(22)19-10-5-11-23-3/h6-9,13H,4-5,10-12H2,1-3H3,(H,19,22). The van der Waals surface area contributed by atoms with Gasteiger partial charge in [0.15, 0.2) is 0 Å². The number of benzene rings is 1. The number of carbonyl (C=O) groups excluding carboxylic acids is 2. The Morgan fingerprint density at radius 2 is 1.96 bits per heavy atom. The highest BCUT2D eigenvalue weighted by molar-refractivity contribution is 5.87. The predicted octanol–water partition coefficient (Wildman–Crippen LogP) is 2.11. The fourth-order valence-electron chi connectivity index (χ4n) is 2.15. The average molecular weight is 324 g/mol. The van der Waals surface area contributed by atoms with E-state index in [1.165, 1.54) is 17.0 Å². The SMILES string of the molecule is CCC(=O)N(Cc1ccc(F)cc1)C(C)C(=O)NCCCOC. The Morgan fingerprint density at radius 3 is 2.52 bits per heavy atom. The number of rotatable bonds is 9. The molecule has 0 saturated heterocycles. The fraction of sp³-hybridized carbons (Fsp3) is 0.529. The number of carbonyl (C=O) groups is 2. The summed E-state index contributed by atoms with van der Waals surface area (Å²) in [6, 6.07) is 5.34. The lowest BCUT2D eigenvalue weighted by Crippen LogP contribution is -2.47. The highest BCUT2D eigenvalue weighted by Gasteiger charge is 2.24.